The third-order valence-electron chi connectivity index (χ3n) is 8.32. The number of hydrogen-bond acceptors (Lipinski definition) is 6. The number of sulfonamides is 1. The fourth-order valence-corrected chi connectivity index (χ4v) is 8.69. The van der Waals surface area contributed by atoms with E-state index in [1.54, 1.807) is 6.92 Å². The Labute approximate surface area is 198 Å². The lowest BCUT2D eigenvalue weighted by atomic mass is 9.69. The number of nitrogens with zero attached hydrogens (tertiary/aromatic N) is 3. The van der Waals surface area contributed by atoms with Crippen molar-refractivity contribution in [1.29, 1.82) is 0 Å². The number of piperazine rings is 1. The van der Waals surface area contributed by atoms with E-state index in [0.717, 1.165) is 45.1 Å². The molecule has 2 amide bonds. The Morgan fingerprint density at radius 2 is 1.73 bits per heavy atom. The van der Waals surface area contributed by atoms with Gasteiger partial charge in [0, 0.05) is 32.6 Å². The zero-order valence-electron chi connectivity index (χ0n) is 20.2. The van der Waals surface area contributed by atoms with Gasteiger partial charge in [-0.1, -0.05) is 0 Å². The largest absolute Gasteiger partial charge is 0.450 e. The van der Waals surface area contributed by atoms with Gasteiger partial charge in [0.15, 0.2) is 0 Å². The zero-order valence-corrected chi connectivity index (χ0v) is 21.1. The molecule has 4 aliphatic rings. The van der Waals surface area contributed by atoms with E-state index in [2.05, 4.69) is 5.43 Å². The summed E-state index contributed by atoms with van der Waals surface area (Å²) in [6.07, 6.45) is 6.56. The van der Waals surface area contributed by atoms with Crippen LogP contribution < -0.4 is 5.43 Å². The first-order valence-electron chi connectivity index (χ1n) is 12.7. The Kier molecular flexibility index (Phi) is 7.55. The van der Waals surface area contributed by atoms with E-state index in [4.69, 9.17) is 4.74 Å². The van der Waals surface area contributed by atoms with Crippen molar-refractivity contribution >= 4 is 22.0 Å². The first-order valence-corrected chi connectivity index (χ1v) is 14.2. The van der Waals surface area contributed by atoms with Gasteiger partial charge in [-0.05, 0) is 77.0 Å². The molecule has 2 saturated heterocycles. The highest BCUT2D eigenvalue weighted by Gasteiger charge is 2.48. The minimum absolute atomic E-state index is 0.0236. The van der Waals surface area contributed by atoms with Gasteiger partial charge in [0.25, 0.3) is 0 Å². The molecule has 4 rings (SSSR count). The number of hydrazine groups is 1. The average molecular weight is 485 g/mol. The molecule has 0 spiro atoms. The van der Waals surface area contributed by atoms with E-state index in [0.29, 0.717) is 44.4 Å². The smallest absolute Gasteiger partial charge is 0.410 e. The van der Waals surface area contributed by atoms with E-state index in [9.17, 15) is 18.0 Å². The molecule has 0 bridgehead atoms. The number of rotatable bonds is 4. The Balaban J connectivity index is 1.42. The molecule has 10 heteroatoms. The second kappa shape index (κ2) is 10.1. The number of hydrogen-bond donors (Lipinski definition) is 1. The van der Waals surface area contributed by atoms with E-state index < -0.39 is 10.0 Å². The Morgan fingerprint density at radius 1 is 1.03 bits per heavy atom. The van der Waals surface area contributed by atoms with Crippen LogP contribution in [-0.2, 0) is 19.6 Å². The predicted molar refractivity (Wildman–Crippen MR) is 125 cm³/mol. The van der Waals surface area contributed by atoms with Crippen molar-refractivity contribution in [3.8, 4) is 0 Å². The van der Waals surface area contributed by atoms with Crippen LogP contribution in [0.25, 0.3) is 0 Å². The zero-order chi connectivity index (χ0) is 23.8. The molecule has 2 aliphatic heterocycles. The van der Waals surface area contributed by atoms with Crippen LogP contribution in [0.15, 0.2) is 0 Å². The van der Waals surface area contributed by atoms with Gasteiger partial charge >= 0.3 is 6.09 Å². The summed E-state index contributed by atoms with van der Waals surface area (Å²) in [6, 6.07) is -0.0208. The molecular formula is C23H40N4O5S. The third-order valence-corrected chi connectivity index (χ3v) is 10.6. The summed E-state index contributed by atoms with van der Waals surface area (Å²) in [5, 5.41) is -0.296. The highest BCUT2D eigenvalue weighted by molar-refractivity contribution is 7.89. The normalized spacial score (nSPS) is 35.8. The van der Waals surface area contributed by atoms with Crippen molar-refractivity contribution in [2.45, 2.75) is 95.5 Å². The number of fused-ring (bicyclic) bond motifs is 1. The van der Waals surface area contributed by atoms with Gasteiger partial charge in [-0.2, -0.15) is 0 Å². The lowest BCUT2D eigenvalue weighted by Gasteiger charge is -2.54. The summed E-state index contributed by atoms with van der Waals surface area (Å²) in [7, 11) is -3.28. The van der Waals surface area contributed by atoms with Gasteiger partial charge in [-0.15, -0.1) is 4.41 Å². The van der Waals surface area contributed by atoms with Crippen LogP contribution in [-0.4, -0.2) is 84.2 Å². The maximum absolute atomic E-state index is 12.9. The van der Waals surface area contributed by atoms with Gasteiger partial charge in [0.05, 0.1) is 23.9 Å². The SMILES string of the molecule is CCOC(=O)N1C[C@H](C)N(C(C)=O)C2CCC(C3CCC(S(=O)(=O)N4CCCN4)CC3)CC21. The van der Waals surface area contributed by atoms with Crippen molar-refractivity contribution in [1.82, 2.24) is 19.6 Å². The topological polar surface area (TPSA) is 99.3 Å². The summed E-state index contributed by atoms with van der Waals surface area (Å²) in [6.45, 7) is 7.59. The molecule has 2 saturated carbocycles. The van der Waals surface area contributed by atoms with E-state index in [-0.39, 0.29) is 35.4 Å². The fourth-order valence-electron chi connectivity index (χ4n) is 6.81. The standard InChI is InChI=1S/C23H40N4O5S/c1-4-32-23(29)25-15-16(2)27(17(3)28)21-11-8-19(14-22(21)25)18-6-9-20(10-7-18)33(30,31)26-13-5-12-24-26/h16,18-22,24H,4-15H2,1-3H3/t16-,18?,19?,20?,21?,22?/m0/s1. The Hall–Kier alpha value is -1.39. The maximum Gasteiger partial charge on any atom is 0.410 e. The summed E-state index contributed by atoms with van der Waals surface area (Å²) in [5.41, 5.74) is 3.01. The second-order valence-electron chi connectivity index (χ2n) is 10.2. The van der Waals surface area contributed by atoms with Crippen LogP contribution in [0.4, 0.5) is 4.79 Å². The molecule has 1 N–H and O–H groups in total. The molecule has 4 atom stereocenters. The van der Waals surface area contributed by atoms with E-state index in [1.165, 1.54) is 4.41 Å². The highest BCUT2D eigenvalue weighted by Crippen LogP contribution is 2.44. The lowest BCUT2D eigenvalue weighted by molar-refractivity contribution is -0.142. The molecule has 2 aliphatic carbocycles. The monoisotopic (exact) mass is 484 g/mol. The molecule has 0 aromatic carbocycles. The molecule has 3 unspecified atom stereocenters. The van der Waals surface area contributed by atoms with Crippen LogP contribution in [0.3, 0.4) is 0 Å². The van der Waals surface area contributed by atoms with Crippen LogP contribution in [0.2, 0.25) is 0 Å². The van der Waals surface area contributed by atoms with Gasteiger partial charge in [0.1, 0.15) is 0 Å². The van der Waals surface area contributed by atoms with Crippen molar-refractivity contribution < 1.29 is 22.7 Å². The van der Waals surface area contributed by atoms with Gasteiger partial charge < -0.3 is 14.5 Å². The summed E-state index contributed by atoms with van der Waals surface area (Å²) >= 11 is 0. The molecule has 188 valence electrons. The van der Waals surface area contributed by atoms with Crippen molar-refractivity contribution in [2.75, 3.05) is 26.2 Å². The Morgan fingerprint density at radius 3 is 2.33 bits per heavy atom. The highest BCUT2D eigenvalue weighted by atomic mass is 32.2. The third kappa shape index (κ3) is 4.89. The first kappa shape index (κ1) is 24.7. The van der Waals surface area contributed by atoms with Crippen LogP contribution in [0.5, 0.6) is 0 Å². The van der Waals surface area contributed by atoms with Gasteiger partial charge in [0.2, 0.25) is 15.9 Å². The predicted octanol–water partition coefficient (Wildman–Crippen LogP) is 2.33. The van der Waals surface area contributed by atoms with Gasteiger partial charge in [-0.3, -0.25) is 4.79 Å². The van der Waals surface area contributed by atoms with Crippen molar-refractivity contribution in [3.05, 3.63) is 0 Å². The van der Waals surface area contributed by atoms with Crippen molar-refractivity contribution in [3.63, 3.8) is 0 Å². The summed E-state index contributed by atoms with van der Waals surface area (Å²) in [5.74, 6) is 0.984. The molecular weight excluding hydrogens is 444 g/mol. The molecule has 0 aromatic heterocycles. The molecule has 33 heavy (non-hydrogen) atoms. The molecule has 2 heterocycles. The molecule has 0 radical (unpaired) electrons. The molecule has 0 aromatic rings. The fraction of sp³-hybridized carbons (Fsp3) is 0.913. The second-order valence-corrected chi connectivity index (χ2v) is 12.4. The van der Waals surface area contributed by atoms with Crippen LogP contribution in [0.1, 0.15) is 72.1 Å². The van der Waals surface area contributed by atoms with Gasteiger partial charge in [-0.25, -0.2) is 18.6 Å². The number of ether oxygens (including phenoxy) is 1. The van der Waals surface area contributed by atoms with Crippen LogP contribution in [0, 0.1) is 11.8 Å². The quantitative estimate of drug-likeness (QED) is 0.658. The number of carbonyl (C=O) groups is 2. The number of nitrogens with one attached hydrogen (secondary N) is 1. The first-order chi connectivity index (χ1) is 15.7. The van der Waals surface area contributed by atoms with Crippen molar-refractivity contribution in [2.24, 2.45) is 11.8 Å². The average Bonchev–Trinajstić information content (AvgIpc) is 3.34. The summed E-state index contributed by atoms with van der Waals surface area (Å²) < 4.78 is 32.7. The minimum atomic E-state index is -3.28. The van der Waals surface area contributed by atoms with E-state index >= 15 is 0 Å². The number of carbonyl (C=O) groups excluding carboxylic acids is 2. The van der Waals surface area contributed by atoms with Crippen LogP contribution >= 0.6 is 0 Å². The number of amides is 2. The Bertz CT molecular complexity index is 823. The minimum Gasteiger partial charge on any atom is -0.450 e. The lowest BCUT2D eigenvalue weighted by Crippen LogP contribution is -2.67. The summed E-state index contributed by atoms with van der Waals surface area (Å²) in [4.78, 5) is 29.0. The molecule has 9 nitrogen and oxygen atoms in total. The maximum atomic E-state index is 12.9. The molecule has 4 fully saturated rings. The van der Waals surface area contributed by atoms with E-state index in [1.807, 2.05) is 23.6 Å².